The molecule has 0 aromatic heterocycles. The molecule has 0 bridgehead atoms. The number of aliphatic carboxylic acids is 1. The van der Waals surface area contributed by atoms with Gasteiger partial charge in [0.1, 0.15) is 0 Å². The van der Waals surface area contributed by atoms with Gasteiger partial charge in [0.25, 0.3) is 0 Å². The van der Waals surface area contributed by atoms with Crippen molar-refractivity contribution in [2.75, 3.05) is 13.1 Å². The highest BCUT2D eigenvalue weighted by Crippen LogP contribution is 2.09. The van der Waals surface area contributed by atoms with Crippen molar-refractivity contribution in [1.82, 2.24) is 10.1 Å². The van der Waals surface area contributed by atoms with Crippen LogP contribution in [0.15, 0.2) is 0 Å². The predicted octanol–water partition coefficient (Wildman–Crippen LogP) is -0.793. The molecule has 66 valence electrons. The van der Waals surface area contributed by atoms with E-state index in [1.54, 1.807) is 4.81 Å². The molecule has 5 heteroatoms. The minimum atomic E-state index is -0.800. The van der Waals surface area contributed by atoms with Gasteiger partial charge < -0.3 is 15.2 Å². The van der Waals surface area contributed by atoms with Gasteiger partial charge in [-0.05, 0) is 13.5 Å². The quantitative estimate of drug-likeness (QED) is 0.530. The van der Waals surface area contributed by atoms with Crippen molar-refractivity contribution in [3.8, 4) is 0 Å². The first-order chi connectivity index (χ1) is 5.61. The van der Waals surface area contributed by atoms with Crippen molar-refractivity contribution in [2.24, 2.45) is 0 Å². The maximum atomic E-state index is 10.4. The Morgan fingerprint density at radius 2 is 2.50 bits per heavy atom. The number of carboxylic acid groups (broad SMARTS) is 1. The van der Waals surface area contributed by atoms with Gasteiger partial charge in [-0.2, -0.15) is 0 Å². The smallest absolute Gasteiger partial charge is 0.304 e. The number of hydrogen-bond donors (Lipinski definition) is 2. The molecule has 1 aliphatic heterocycles. The van der Waals surface area contributed by atoms with Crippen LogP contribution in [0.2, 0.25) is 0 Å². The molecule has 2 atom stereocenters. The van der Waals surface area contributed by atoms with Gasteiger partial charge in [0.05, 0.1) is 6.42 Å². The van der Waals surface area contributed by atoms with Crippen LogP contribution in [0.3, 0.4) is 0 Å². The minimum absolute atomic E-state index is 0.0868. The summed E-state index contributed by atoms with van der Waals surface area (Å²) < 4.78 is 0. The van der Waals surface area contributed by atoms with Crippen molar-refractivity contribution < 1.29 is 9.90 Å². The highest BCUT2D eigenvalue weighted by atomic mass is 16.4. The zero-order valence-corrected chi connectivity index (χ0v) is 7.16. The van der Waals surface area contributed by atoms with Crippen molar-refractivity contribution in [3.63, 3.8) is 0 Å². The number of hydrogen-bond acceptors (Lipinski definition) is 3. The Balaban J connectivity index is 2.50. The van der Waals surface area contributed by atoms with Crippen LogP contribution >= 0.6 is 0 Å². The molecule has 1 fully saturated rings. The zero-order valence-electron chi connectivity index (χ0n) is 7.16. The van der Waals surface area contributed by atoms with E-state index in [1.807, 2.05) is 6.92 Å². The molecule has 0 spiro atoms. The van der Waals surface area contributed by atoms with Gasteiger partial charge in [-0.15, -0.1) is 0 Å². The topological polar surface area (TPSA) is 52.6 Å². The van der Waals surface area contributed by atoms with E-state index in [0.29, 0.717) is 6.54 Å². The van der Waals surface area contributed by atoms with E-state index in [-0.39, 0.29) is 18.5 Å². The van der Waals surface area contributed by atoms with E-state index >= 15 is 0 Å². The van der Waals surface area contributed by atoms with E-state index in [9.17, 15) is 4.79 Å². The largest absolute Gasteiger partial charge is 0.481 e. The Labute approximate surface area is 73.4 Å². The molecule has 1 heterocycles. The maximum absolute atomic E-state index is 10.4. The highest BCUT2D eigenvalue weighted by molar-refractivity contribution is 6.04. The predicted molar refractivity (Wildman–Crippen MR) is 46.0 cm³/mol. The summed E-state index contributed by atoms with van der Waals surface area (Å²) in [6, 6.07) is 0.0658. The Morgan fingerprint density at radius 1 is 1.83 bits per heavy atom. The first-order valence-electron chi connectivity index (χ1n) is 4.08. The first kappa shape index (κ1) is 9.54. The van der Waals surface area contributed by atoms with E-state index < -0.39 is 5.97 Å². The lowest BCUT2D eigenvalue weighted by molar-refractivity contribution is -0.138. The van der Waals surface area contributed by atoms with Crippen LogP contribution in [-0.2, 0) is 4.79 Å². The zero-order chi connectivity index (χ0) is 9.14. The van der Waals surface area contributed by atoms with Gasteiger partial charge in [-0.1, -0.05) is 0 Å². The van der Waals surface area contributed by atoms with Crippen LogP contribution < -0.4 is 5.32 Å². The molecule has 0 saturated carbocycles. The Morgan fingerprint density at radius 3 is 3.00 bits per heavy atom. The number of rotatable bonds is 2. The lowest BCUT2D eigenvalue weighted by Crippen LogP contribution is -2.56. The van der Waals surface area contributed by atoms with Crippen LogP contribution in [0.1, 0.15) is 13.3 Å². The lowest BCUT2D eigenvalue weighted by Gasteiger charge is -2.38. The molecule has 2 unspecified atom stereocenters. The van der Waals surface area contributed by atoms with Gasteiger partial charge in [0.15, 0.2) is 7.98 Å². The van der Waals surface area contributed by atoms with Crippen LogP contribution in [-0.4, -0.2) is 49.0 Å². The summed E-state index contributed by atoms with van der Waals surface area (Å²) in [6.07, 6.45) is 0.102. The van der Waals surface area contributed by atoms with E-state index in [0.717, 1.165) is 6.54 Å². The van der Waals surface area contributed by atoms with Gasteiger partial charge in [-0.3, -0.25) is 4.79 Å². The summed E-state index contributed by atoms with van der Waals surface area (Å²) in [4.78, 5) is 12.1. The van der Waals surface area contributed by atoms with Crippen LogP contribution in [0.5, 0.6) is 0 Å². The van der Waals surface area contributed by atoms with Crippen LogP contribution in [0.25, 0.3) is 0 Å². The Kier molecular flexibility index (Phi) is 3.11. The molecule has 4 nitrogen and oxygen atoms in total. The van der Waals surface area contributed by atoms with Crippen molar-refractivity contribution >= 4 is 14.0 Å². The Bertz CT molecular complexity index is 167. The summed E-state index contributed by atoms with van der Waals surface area (Å²) >= 11 is 0. The number of nitrogens with zero attached hydrogens (tertiary/aromatic N) is 1. The maximum Gasteiger partial charge on any atom is 0.304 e. The Hall–Kier alpha value is -0.545. The minimum Gasteiger partial charge on any atom is -0.481 e. The highest BCUT2D eigenvalue weighted by Gasteiger charge is 2.26. The fraction of sp³-hybridized carbons (Fsp3) is 0.857. The average molecular weight is 168 g/mol. The van der Waals surface area contributed by atoms with Gasteiger partial charge in [0.2, 0.25) is 0 Å². The molecule has 1 saturated heterocycles. The normalized spacial score (nSPS) is 31.8. The summed E-state index contributed by atoms with van der Waals surface area (Å²) in [6.45, 7) is 3.49. The summed E-state index contributed by atoms with van der Waals surface area (Å²) in [5.74, 6) is -0.800. The SMILES string of the molecule is [B]N1CCNC(C)C1CC(=O)O. The molecular weight excluding hydrogens is 155 g/mol. The van der Waals surface area contributed by atoms with Gasteiger partial charge in [-0.25, -0.2) is 0 Å². The van der Waals surface area contributed by atoms with Crippen LogP contribution in [0.4, 0.5) is 0 Å². The molecule has 1 rings (SSSR count). The third-order valence-electron chi connectivity index (χ3n) is 2.22. The molecule has 12 heavy (non-hydrogen) atoms. The average Bonchev–Trinajstić information content (AvgIpc) is 1.97. The molecular formula is C7H13BN2O2. The van der Waals surface area contributed by atoms with Crippen molar-refractivity contribution in [3.05, 3.63) is 0 Å². The third kappa shape index (κ3) is 2.22. The van der Waals surface area contributed by atoms with E-state index in [4.69, 9.17) is 13.1 Å². The second-order valence-corrected chi connectivity index (χ2v) is 3.15. The number of carbonyl (C=O) groups is 1. The fourth-order valence-corrected chi connectivity index (χ4v) is 1.48. The summed E-state index contributed by atoms with van der Waals surface area (Å²) in [5.41, 5.74) is 0. The second-order valence-electron chi connectivity index (χ2n) is 3.15. The second kappa shape index (κ2) is 3.91. The lowest BCUT2D eigenvalue weighted by atomic mass is 9.98. The molecule has 2 radical (unpaired) electrons. The first-order valence-corrected chi connectivity index (χ1v) is 4.08. The van der Waals surface area contributed by atoms with E-state index in [1.165, 1.54) is 0 Å². The van der Waals surface area contributed by atoms with E-state index in [2.05, 4.69) is 5.32 Å². The molecule has 1 aliphatic rings. The molecule has 0 aliphatic carbocycles. The standard InChI is InChI=1S/C7H13BN2O2/c1-5-6(4-7(11)12)10(8)3-2-9-5/h5-6,9H,2-4H2,1H3,(H,11,12). The van der Waals surface area contributed by atoms with Gasteiger partial charge >= 0.3 is 5.97 Å². The van der Waals surface area contributed by atoms with Crippen molar-refractivity contribution in [2.45, 2.75) is 25.4 Å². The summed E-state index contributed by atoms with van der Waals surface area (Å²) in [7, 11) is 5.65. The van der Waals surface area contributed by atoms with Gasteiger partial charge in [0, 0.05) is 18.6 Å². The fourth-order valence-electron chi connectivity index (χ4n) is 1.48. The molecule has 0 amide bonds. The van der Waals surface area contributed by atoms with Crippen molar-refractivity contribution in [1.29, 1.82) is 0 Å². The monoisotopic (exact) mass is 168 g/mol. The third-order valence-corrected chi connectivity index (χ3v) is 2.22. The number of piperazine rings is 1. The summed E-state index contributed by atoms with van der Waals surface area (Å²) in [5, 5.41) is 11.8. The molecule has 0 aromatic rings. The number of nitrogens with one attached hydrogen (secondary N) is 1. The van der Waals surface area contributed by atoms with Crippen LogP contribution in [0, 0.1) is 0 Å². The molecule has 2 N–H and O–H groups in total. The molecule has 0 aromatic carbocycles. The number of carboxylic acids is 1.